The van der Waals surface area contributed by atoms with Crippen molar-refractivity contribution in [2.45, 2.75) is 38.3 Å². The lowest BCUT2D eigenvalue weighted by Gasteiger charge is -2.29. The van der Waals surface area contributed by atoms with Gasteiger partial charge in [-0.05, 0) is 68.6 Å². The number of nitrogens with two attached hydrogens (primary N) is 1. The summed E-state index contributed by atoms with van der Waals surface area (Å²) in [6, 6.07) is 14.6. The molecule has 8 nitrogen and oxygen atoms in total. The summed E-state index contributed by atoms with van der Waals surface area (Å²) < 4.78 is 28.1. The van der Waals surface area contributed by atoms with Crippen LogP contribution in [0.1, 0.15) is 31.2 Å². The van der Waals surface area contributed by atoms with Crippen molar-refractivity contribution in [2.24, 2.45) is 0 Å². The van der Waals surface area contributed by atoms with Crippen molar-refractivity contribution >= 4 is 22.5 Å². The largest absolute Gasteiger partial charge is 0.497 e. The van der Waals surface area contributed by atoms with Gasteiger partial charge in [0.1, 0.15) is 16.9 Å². The average Bonchev–Trinajstić information content (AvgIpc) is 3.68. The van der Waals surface area contributed by atoms with Gasteiger partial charge in [0, 0.05) is 43.1 Å². The summed E-state index contributed by atoms with van der Waals surface area (Å²) >= 11 is 0. The van der Waals surface area contributed by atoms with E-state index in [-0.39, 0.29) is 5.75 Å². The second-order valence-electron chi connectivity index (χ2n) is 10.1. The molecule has 198 valence electrons. The van der Waals surface area contributed by atoms with Crippen LogP contribution >= 0.6 is 0 Å². The summed E-state index contributed by atoms with van der Waals surface area (Å²) in [5.74, 6) is 1.79. The van der Waals surface area contributed by atoms with Crippen LogP contribution in [-0.2, 0) is 6.54 Å². The van der Waals surface area contributed by atoms with E-state index in [0.29, 0.717) is 29.7 Å². The summed E-state index contributed by atoms with van der Waals surface area (Å²) in [6.45, 7) is 4.79. The highest BCUT2D eigenvalue weighted by atomic mass is 19.1. The zero-order valence-corrected chi connectivity index (χ0v) is 21.6. The van der Waals surface area contributed by atoms with Crippen LogP contribution in [0.5, 0.6) is 17.2 Å². The van der Waals surface area contributed by atoms with Crippen LogP contribution in [0.15, 0.2) is 54.7 Å². The minimum Gasteiger partial charge on any atom is -0.497 e. The van der Waals surface area contributed by atoms with Gasteiger partial charge in [0.05, 0.1) is 13.7 Å². The van der Waals surface area contributed by atoms with Gasteiger partial charge >= 0.3 is 0 Å². The van der Waals surface area contributed by atoms with Gasteiger partial charge in [0.15, 0.2) is 23.0 Å². The molecule has 0 bridgehead atoms. The third-order valence-corrected chi connectivity index (χ3v) is 7.56. The lowest BCUT2D eigenvalue weighted by molar-refractivity contribution is 0.313. The molecule has 4 aromatic rings. The van der Waals surface area contributed by atoms with Crippen LogP contribution in [0, 0.1) is 5.82 Å². The zero-order valence-electron chi connectivity index (χ0n) is 21.6. The van der Waals surface area contributed by atoms with E-state index < -0.39 is 5.82 Å². The molecule has 0 spiro atoms. The van der Waals surface area contributed by atoms with E-state index in [9.17, 15) is 4.39 Å². The summed E-state index contributed by atoms with van der Waals surface area (Å²) in [6.07, 6.45) is 6.44. The minimum absolute atomic E-state index is 0.121. The molecule has 0 aliphatic carbocycles. The van der Waals surface area contributed by atoms with Gasteiger partial charge < -0.3 is 25.0 Å². The maximum Gasteiger partial charge on any atom is 0.167 e. The first-order chi connectivity index (χ1) is 18.6. The van der Waals surface area contributed by atoms with Crippen molar-refractivity contribution in [3.63, 3.8) is 0 Å². The molecule has 2 aliphatic heterocycles. The van der Waals surface area contributed by atoms with E-state index in [1.165, 1.54) is 18.9 Å². The lowest BCUT2D eigenvalue weighted by Crippen LogP contribution is -2.39. The van der Waals surface area contributed by atoms with Crippen molar-refractivity contribution in [2.75, 3.05) is 43.9 Å². The normalized spacial score (nSPS) is 17.9. The number of ether oxygens (including phenoxy) is 2. The van der Waals surface area contributed by atoms with E-state index in [4.69, 9.17) is 25.3 Å². The molecule has 6 rings (SSSR count). The molecule has 2 N–H and O–H groups in total. The Kier molecular flexibility index (Phi) is 6.76. The number of hydrogen-bond acceptors (Lipinski definition) is 7. The van der Waals surface area contributed by atoms with Crippen LogP contribution < -0.4 is 20.1 Å². The molecule has 0 unspecified atom stereocenters. The third kappa shape index (κ3) is 4.86. The predicted molar refractivity (Wildman–Crippen MR) is 147 cm³/mol. The monoisotopic (exact) mass is 516 g/mol. The molecule has 2 aromatic carbocycles. The SMILES string of the molecule is COc1ccc(Cn2nc(N3CCC[C@@H]3CN3CCCC3)c3c(Oc4ccc(N)cc4F)ccnc32)cc1. The maximum atomic E-state index is 14.7. The number of nitrogens with zero attached hydrogens (tertiary/aromatic N) is 5. The smallest absolute Gasteiger partial charge is 0.167 e. The van der Waals surface area contributed by atoms with E-state index >= 15 is 0 Å². The molecular weight excluding hydrogens is 483 g/mol. The highest BCUT2D eigenvalue weighted by Crippen LogP contribution is 2.39. The second-order valence-corrected chi connectivity index (χ2v) is 10.1. The molecule has 9 heteroatoms. The number of nitrogen functional groups attached to an aromatic ring is 1. The maximum absolute atomic E-state index is 14.7. The van der Waals surface area contributed by atoms with E-state index in [1.807, 2.05) is 28.9 Å². The third-order valence-electron chi connectivity index (χ3n) is 7.56. The number of benzene rings is 2. The number of rotatable bonds is 8. The highest BCUT2D eigenvalue weighted by molar-refractivity contribution is 5.94. The number of aromatic nitrogens is 3. The Morgan fingerprint density at radius 3 is 2.58 bits per heavy atom. The van der Waals surface area contributed by atoms with Gasteiger partial charge in [0.2, 0.25) is 0 Å². The van der Waals surface area contributed by atoms with Crippen LogP contribution in [0.4, 0.5) is 15.9 Å². The molecule has 2 fully saturated rings. The first-order valence-electron chi connectivity index (χ1n) is 13.3. The number of likely N-dealkylation sites (tertiary alicyclic amines) is 1. The molecule has 2 aliphatic rings. The molecule has 2 aromatic heterocycles. The van der Waals surface area contributed by atoms with Crippen molar-refractivity contribution in [1.29, 1.82) is 0 Å². The van der Waals surface area contributed by atoms with Crippen LogP contribution in [-0.4, -0.2) is 59.0 Å². The number of methoxy groups -OCH3 is 1. The number of fused-ring (bicyclic) bond motifs is 1. The molecule has 2 saturated heterocycles. The van der Waals surface area contributed by atoms with Gasteiger partial charge in [-0.3, -0.25) is 0 Å². The Bertz CT molecular complexity index is 1420. The number of halogens is 1. The zero-order chi connectivity index (χ0) is 26.1. The fourth-order valence-corrected chi connectivity index (χ4v) is 5.64. The fourth-order valence-electron chi connectivity index (χ4n) is 5.64. The summed E-state index contributed by atoms with van der Waals surface area (Å²) in [5, 5.41) is 5.91. The van der Waals surface area contributed by atoms with Gasteiger partial charge in [-0.15, -0.1) is 0 Å². The Hall–Kier alpha value is -3.85. The average molecular weight is 517 g/mol. The number of anilines is 2. The quantitative estimate of drug-likeness (QED) is 0.328. The predicted octanol–water partition coefficient (Wildman–Crippen LogP) is 5.07. The molecule has 0 amide bonds. The second kappa shape index (κ2) is 10.5. The Labute approximate surface area is 221 Å². The van der Waals surface area contributed by atoms with Crippen LogP contribution in [0.2, 0.25) is 0 Å². The lowest BCUT2D eigenvalue weighted by atomic mass is 10.2. The van der Waals surface area contributed by atoms with Crippen LogP contribution in [0.3, 0.4) is 0 Å². The van der Waals surface area contributed by atoms with Gasteiger partial charge in [-0.25, -0.2) is 14.1 Å². The van der Waals surface area contributed by atoms with E-state index in [0.717, 1.165) is 61.5 Å². The Balaban J connectivity index is 1.41. The van der Waals surface area contributed by atoms with E-state index in [2.05, 4.69) is 9.80 Å². The molecule has 4 heterocycles. The first kappa shape index (κ1) is 24.5. The van der Waals surface area contributed by atoms with Crippen LogP contribution in [0.25, 0.3) is 11.0 Å². The Morgan fingerprint density at radius 1 is 1.00 bits per heavy atom. The fraction of sp³-hybridized carbons (Fsp3) is 0.379. The van der Waals surface area contributed by atoms with Crippen molar-refractivity contribution < 1.29 is 13.9 Å². The summed E-state index contributed by atoms with van der Waals surface area (Å²) in [7, 11) is 1.66. The molecule has 0 saturated carbocycles. The number of pyridine rings is 1. The first-order valence-corrected chi connectivity index (χ1v) is 13.3. The summed E-state index contributed by atoms with van der Waals surface area (Å²) in [5.41, 5.74) is 7.89. The highest BCUT2D eigenvalue weighted by Gasteiger charge is 2.32. The van der Waals surface area contributed by atoms with Crippen molar-refractivity contribution in [1.82, 2.24) is 19.7 Å². The van der Waals surface area contributed by atoms with Gasteiger partial charge in [0.25, 0.3) is 0 Å². The molecule has 38 heavy (non-hydrogen) atoms. The molecule has 1 atom stereocenters. The van der Waals surface area contributed by atoms with Crippen molar-refractivity contribution in [3.05, 3.63) is 66.1 Å². The summed E-state index contributed by atoms with van der Waals surface area (Å²) in [4.78, 5) is 9.67. The molecular formula is C29H33FN6O2. The van der Waals surface area contributed by atoms with Gasteiger partial charge in [-0.1, -0.05) is 12.1 Å². The Morgan fingerprint density at radius 2 is 1.82 bits per heavy atom. The van der Waals surface area contributed by atoms with Gasteiger partial charge in [-0.2, -0.15) is 5.10 Å². The number of hydrogen-bond donors (Lipinski definition) is 1. The minimum atomic E-state index is -0.504. The van der Waals surface area contributed by atoms with E-state index in [1.54, 1.807) is 31.5 Å². The molecule has 0 radical (unpaired) electrons. The standard InChI is InChI=1S/C29H33FN6O2/c1-37-23-9-6-20(7-10-23)18-36-28-27(26(12-13-32-28)38-25-11-8-21(31)17-24(25)30)29(33-36)35-16-4-5-22(35)19-34-14-2-3-15-34/h6-13,17,22H,2-5,14-16,18-19,31H2,1H3/t22-/m1/s1. The van der Waals surface area contributed by atoms with Crippen molar-refractivity contribution in [3.8, 4) is 17.2 Å². The topological polar surface area (TPSA) is 81.7 Å².